The van der Waals surface area contributed by atoms with E-state index in [4.69, 9.17) is 15.5 Å². The average molecular weight is 477 g/mol. The molecule has 3 atom stereocenters. The van der Waals surface area contributed by atoms with Gasteiger partial charge in [0.2, 0.25) is 0 Å². The molecule has 7 heteroatoms. The molecule has 0 amide bonds. The Bertz CT molecular complexity index is 1100. The van der Waals surface area contributed by atoms with Crippen LogP contribution >= 0.6 is 23.5 Å². The van der Waals surface area contributed by atoms with Gasteiger partial charge in [-0.3, -0.25) is 0 Å². The lowest BCUT2D eigenvalue weighted by Crippen LogP contribution is -2.32. The highest BCUT2D eigenvalue weighted by Gasteiger charge is 2.91. The molecule has 2 aromatic rings. The number of nitrogens with zero attached hydrogens (tertiary/aromatic N) is 3. The van der Waals surface area contributed by atoms with Gasteiger partial charge in [-0.15, -0.1) is 23.5 Å². The van der Waals surface area contributed by atoms with E-state index >= 15 is 0 Å². The van der Waals surface area contributed by atoms with Gasteiger partial charge in [0.05, 0.1) is 12.1 Å². The predicted molar refractivity (Wildman–Crippen MR) is 136 cm³/mol. The van der Waals surface area contributed by atoms with E-state index in [1.165, 1.54) is 0 Å². The second kappa shape index (κ2) is 9.33. The standard InChI is InChI=1S/C26H28N4OS2/c1-3-14-32-26(33-15-4-2)25(18-28)22(24(25,17-27)23(29)30-26)20-10-12-21(13-11-20)31-16-19-8-6-5-7-9-19/h5-13,22H,3-4,14-16H2,1-2H3,(H2,29,30)/t22-,24-,25-/m0/s1. The van der Waals surface area contributed by atoms with Gasteiger partial charge < -0.3 is 10.5 Å². The normalized spacial score (nSPS) is 26.5. The van der Waals surface area contributed by atoms with Crippen LogP contribution in [0.5, 0.6) is 5.75 Å². The Hall–Kier alpha value is -2.61. The molecular formula is C26H28N4OS2. The topological polar surface area (TPSA) is 95.2 Å². The Labute approximate surface area is 204 Å². The van der Waals surface area contributed by atoms with E-state index in [1.54, 1.807) is 23.5 Å². The van der Waals surface area contributed by atoms with E-state index in [0.717, 1.165) is 41.2 Å². The molecule has 0 spiro atoms. The Balaban J connectivity index is 1.64. The predicted octanol–water partition coefficient (Wildman–Crippen LogP) is 5.69. The number of ether oxygens (including phenoxy) is 1. The number of nitriles is 2. The maximum atomic E-state index is 10.5. The van der Waals surface area contributed by atoms with Gasteiger partial charge in [0, 0.05) is 5.92 Å². The van der Waals surface area contributed by atoms with Gasteiger partial charge >= 0.3 is 0 Å². The van der Waals surface area contributed by atoms with E-state index < -0.39 is 15.0 Å². The van der Waals surface area contributed by atoms with Gasteiger partial charge in [-0.25, -0.2) is 4.99 Å². The van der Waals surface area contributed by atoms with Crippen LogP contribution in [0.15, 0.2) is 59.6 Å². The van der Waals surface area contributed by atoms with E-state index in [2.05, 4.69) is 26.0 Å². The summed E-state index contributed by atoms with van der Waals surface area (Å²) in [6.07, 6.45) is 1.93. The number of hydrogen-bond acceptors (Lipinski definition) is 7. The van der Waals surface area contributed by atoms with Crippen molar-refractivity contribution in [1.82, 2.24) is 0 Å². The lowest BCUT2D eigenvalue weighted by atomic mass is 9.97. The van der Waals surface area contributed by atoms with Crippen LogP contribution in [0.25, 0.3) is 0 Å². The van der Waals surface area contributed by atoms with Crippen molar-refractivity contribution in [3.63, 3.8) is 0 Å². The molecule has 4 rings (SSSR count). The zero-order chi connectivity index (χ0) is 23.5. The maximum absolute atomic E-state index is 10.5. The van der Waals surface area contributed by atoms with Gasteiger partial charge in [-0.05, 0) is 47.6 Å². The van der Waals surface area contributed by atoms with Gasteiger partial charge in [0.25, 0.3) is 0 Å². The molecule has 2 aliphatic rings. The number of rotatable bonds is 10. The smallest absolute Gasteiger partial charge is 0.175 e. The Morgan fingerprint density at radius 2 is 1.61 bits per heavy atom. The quantitative estimate of drug-likeness (QED) is 0.442. The number of nitrogens with two attached hydrogens (primary N) is 1. The van der Waals surface area contributed by atoms with Crippen LogP contribution in [0.4, 0.5) is 0 Å². The summed E-state index contributed by atoms with van der Waals surface area (Å²) in [5.74, 6) is 2.45. The summed E-state index contributed by atoms with van der Waals surface area (Å²) in [5, 5.41) is 20.8. The summed E-state index contributed by atoms with van der Waals surface area (Å²) in [5.41, 5.74) is 6.40. The molecule has 1 aliphatic carbocycles. The third-order valence-electron chi connectivity index (χ3n) is 6.39. The fourth-order valence-corrected chi connectivity index (χ4v) is 8.06. The molecule has 0 radical (unpaired) electrons. The number of amidine groups is 1. The molecule has 0 saturated heterocycles. The Morgan fingerprint density at radius 1 is 0.970 bits per heavy atom. The highest BCUT2D eigenvalue weighted by Crippen LogP contribution is 2.85. The van der Waals surface area contributed by atoms with Crippen molar-refractivity contribution in [2.75, 3.05) is 11.5 Å². The number of hydrogen-bond donors (Lipinski definition) is 1. The zero-order valence-corrected chi connectivity index (χ0v) is 20.6. The first-order valence-corrected chi connectivity index (χ1v) is 13.2. The first kappa shape index (κ1) is 23.5. The molecule has 1 fully saturated rings. The van der Waals surface area contributed by atoms with Crippen molar-refractivity contribution in [2.24, 2.45) is 21.6 Å². The van der Waals surface area contributed by atoms with E-state index in [0.29, 0.717) is 12.4 Å². The third kappa shape index (κ3) is 3.50. The summed E-state index contributed by atoms with van der Waals surface area (Å²) < 4.78 is 5.16. The summed E-state index contributed by atoms with van der Waals surface area (Å²) in [6.45, 7) is 4.71. The van der Waals surface area contributed by atoms with E-state index in [-0.39, 0.29) is 5.92 Å². The van der Waals surface area contributed by atoms with E-state index in [9.17, 15) is 10.5 Å². The van der Waals surface area contributed by atoms with E-state index in [1.807, 2.05) is 54.6 Å². The van der Waals surface area contributed by atoms with Crippen LogP contribution in [-0.2, 0) is 6.61 Å². The average Bonchev–Trinajstić information content (AvgIpc) is 3.44. The van der Waals surface area contributed by atoms with Gasteiger partial charge in [0.15, 0.2) is 4.20 Å². The summed E-state index contributed by atoms with van der Waals surface area (Å²) >= 11 is 3.33. The minimum atomic E-state index is -1.09. The Kier molecular flexibility index (Phi) is 6.66. The molecule has 0 aromatic heterocycles. The first-order chi connectivity index (χ1) is 16.0. The number of fused-ring (bicyclic) bond motifs is 1. The molecular weight excluding hydrogens is 448 g/mol. The SMILES string of the molecule is CCCSC1(SCCC)N=C(N)[C@]2(C#N)[C@H](c3ccc(OCc4ccccc4)cc3)[C@]12C#N. The number of aliphatic imine (C=N–C) groups is 1. The molecule has 0 bridgehead atoms. The first-order valence-electron chi connectivity index (χ1n) is 11.3. The second-order valence-corrected chi connectivity index (χ2v) is 11.2. The van der Waals surface area contributed by atoms with Crippen LogP contribution in [-0.4, -0.2) is 21.5 Å². The van der Waals surface area contributed by atoms with Gasteiger partial charge in [0.1, 0.15) is 29.0 Å². The monoisotopic (exact) mass is 476 g/mol. The summed E-state index contributed by atoms with van der Waals surface area (Å²) in [7, 11) is 0. The molecule has 2 N–H and O–H groups in total. The van der Waals surface area contributed by atoms with Crippen LogP contribution in [0.3, 0.4) is 0 Å². The molecule has 33 heavy (non-hydrogen) atoms. The lowest BCUT2D eigenvalue weighted by Gasteiger charge is -2.32. The van der Waals surface area contributed by atoms with Crippen molar-refractivity contribution in [1.29, 1.82) is 10.5 Å². The van der Waals surface area contributed by atoms with Gasteiger partial charge in [-0.2, -0.15) is 10.5 Å². The molecule has 1 aliphatic heterocycles. The fraction of sp³-hybridized carbons (Fsp3) is 0.423. The minimum Gasteiger partial charge on any atom is -0.489 e. The highest BCUT2D eigenvalue weighted by atomic mass is 32.2. The molecule has 1 saturated carbocycles. The van der Waals surface area contributed by atoms with Crippen molar-refractivity contribution in [2.45, 2.75) is 43.4 Å². The van der Waals surface area contributed by atoms with Gasteiger partial charge in [-0.1, -0.05) is 56.3 Å². The maximum Gasteiger partial charge on any atom is 0.175 e. The largest absolute Gasteiger partial charge is 0.489 e. The van der Waals surface area contributed by atoms with Crippen LogP contribution in [0.2, 0.25) is 0 Å². The van der Waals surface area contributed by atoms with Crippen molar-refractivity contribution < 1.29 is 4.74 Å². The molecule has 1 heterocycles. The van der Waals surface area contributed by atoms with Crippen molar-refractivity contribution in [3.05, 3.63) is 65.7 Å². The third-order valence-corrected chi connectivity index (χ3v) is 9.93. The van der Waals surface area contributed by atoms with Crippen molar-refractivity contribution >= 4 is 29.4 Å². The van der Waals surface area contributed by atoms with Crippen molar-refractivity contribution in [3.8, 4) is 17.9 Å². The molecule has 2 aromatic carbocycles. The molecule has 0 unspecified atom stereocenters. The van der Waals surface area contributed by atoms with Crippen LogP contribution in [0.1, 0.15) is 43.7 Å². The van der Waals surface area contributed by atoms with Crippen LogP contribution < -0.4 is 10.5 Å². The minimum absolute atomic E-state index is 0.299. The molecule has 5 nitrogen and oxygen atoms in total. The fourth-order valence-electron chi connectivity index (χ4n) is 4.84. The Morgan fingerprint density at radius 3 is 2.15 bits per heavy atom. The summed E-state index contributed by atoms with van der Waals surface area (Å²) in [4.78, 5) is 4.82. The summed E-state index contributed by atoms with van der Waals surface area (Å²) in [6, 6.07) is 22.8. The second-order valence-electron chi connectivity index (χ2n) is 8.39. The van der Waals surface area contributed by atoms with Crippen LogP contribution in [0, 0.1) is 33.5 Å². The zero-order valence-electron chi connectivity index (χ0n) is 19.0. The number of benzene rings is 2. The number of thioether (sulfide) groups is 2. The molecule has 170 valence electrons. The highest BCUT2D eigenvalue weighted by molar-refractivity contribution is 8.18. The lowest BCUT2D eigenvalue weighted by molar-refractivity contribution is 0.306.